The Morgan fingerprint density at radius 2 is 1.86 bits per heavy atom. The molecule has 0 bridgehead atoms. The maximum absolute atomic E-state index is 11.7. The number of nitriles is 1. The molecule has 3 aromatic carbocycles. The van der Waals surface area contributed by atoms with Crippen LogP contribution >= 0.6 is 0 Å². The number of fused-ring (bicyclic) bond motifs is 1. The van der Waals surface area contributed by atoms with E-state index in [-0.39, 0.29) is 11.8 Å². The van der Waals surface area contributed by atoms with Crippen molar-refractivity contribution in [2.24, 2.45) is 11.0 Å². The lowest BCUT2D eigenvalue weighted by Crippen LogP contribution is -2.31. The van der Waals surface area contributed by atoms with Gasteiger partial charge in [0.2, 0.25) is 5.91 Å². The van der Waals surface area contributed by atoms with Crippen LogP contribution in [0.3, 0.4) is 0 Å². The molecule has 0 fully saturated rings. The van der Waals surface area contributed by atoms with Crippen LogP contribution in [0.1, 0.15) is 55.6 Å². The number of unbranched alkanes of at least 4 members (excludes halogenated alkanes) is 1. The lowest BCUT2D eigenvalue weighted by molar-refractivity contribution is -0.121. The van der Waals surface area contributed by atoms with Crippen LogP contribution in [0.25, 0.3) is 22.2 Å². The molecule has 0 saturated carbocycles. The van der Waals surface area contributed by atoms with Gasteiger partial charge in [0.05, 0.1) is 28.4 Å². The van der Waals surface area contributed by atoms with Gasteiger partial charge in [0.1, 0.15) is 5.82 Å². The molecule has 0 saturated heterocycles. The number of nitrogens with zero attached hydrogens (tertiary/aromatic N) is 4. The van der Waals surface area contributed by atoms with Crippen molar-refractivity contribution < 1.29 is 4.79 Å². The van der Waals surface area contributed by atoms with Gasteiger partial charge in [-0.1, -0.05) is 68.8 Å². The van der Waals surface area contributed by atoms with E-state index in [1.807, 2.05) is 43.3 Å². The fraction of sp³-hybridized carbons (Fsp3) is 0.267. The fourth-order valence-corrected chi connectivity index (χ4v) is 4.95. The quantitative estimate of drug-likeness (QED) is 0.365. The number of rotatable bonds is 7. The standard InChI is InChI=1S/C30H29N5O/c1-3-4-13-28-32-26-17-21(30-20(2)16-29(36)33-34-30)14-15-27(26)35(28)19-23-10-6-8-12-25(23)24-11-7-5-9-22(24)18-31/h5-12,14-15,17,20H,3-4,13,16,19H2,1-2H3,(H,33,36). The highest BCUT2D eigenvalue weighted by Gasteiger charge is 2.23. The summed E-state index contributed by atoms with van der Waals surface area (Å²) in [6.45, 7) is 4.89. The minimum Gasteiger partial charge on any atom is -0.323 e. The maximum atomic E-state index is 11.7. The molecule has 1 N–H and O–H groups in total. The summed E-state index contributed by atoms with van der Waals surface area (Å²) in [7, 11) is 0. The number of aryl methyl sites for hydroxylation is 1. The predicted molar refractivity (Wildman–Crippen MR) is 143 cm³/mol. The first-order valence-corrected chi connectivity index (χ1v) is 12.5. The molecule has 1 unspecified atom stereocenters. The van der Waals surface area contributed by atoms with Crippen LogP contribution in [0.2, 0.25) is 0 Å². The van der Waals surface area contributed by atoms with Gasteiger partial charge in [-0.25, -0.2) is 10.4 Å². The van der Waals surface area contributed by atoms with E-state index in [4.69, 9.17) is 4.98 Å². The third-order valence-corrected chi connectivity index (χ3v) is 6.82. The molecule has 5 rings (SSSR count). The lowest BCUT2D eigenvalue weighted by atomic mass is 9.94. The summed E-state index contributed by atoms with van der Waals surface area (Å²) in [5.41, 5.74) is 10.3. The lowest BCUT2D eigenvalue weighted by Gasteiger charge is -2.19. The Kier molecular flexibility index (Phi) is 6.64. The Labute approximate surface area is 211 Å². The third-order valence-electron chi connectivity index (χ3n) is 6.82. The van der Waals surface area contributed by atoms with Gasteiger partial charge in [-0.3, -0.25) is 4.79 Å². The molecule has 0 radical (unpaired) electrons. The first-order chi connectivity index (χ1) is 17.6. The Balaban J connectivity index is 1.58. The molecule has 2 heterocycles. The highest BCUT2D eigenvalue weighted by atomic mass is 16.2. The molecule has 36 heavy (non-hydrogen) atoms. The summed E-state index contributed by atoms with van der Waals surface area (Å²) >= 11 is 0. The molecule has 180 valence electrons. The molecule has 1 atom stereocenters. The highest BCUT2D eigenvalue weighted by Crippen LogP contribution is 2.30. The number of carbonyl (C=O) groups is 1. The van der Waals surface area contributed by atoms with Crippen molar-refractivity contribution in [3.63, 3.8) is 0 Å². The molecule has 6 heteroatoms. The van der Waals surface area contributed by atoms with Gasteiger partial charge in [0.15, 0.2) is 0 Å². The fourth-order valence-electron chi connectivity index (χ4n) is 4.95. The first kappa shape index (κ1) is 23.5. The molecular weight excluding hydrogens is 446 g/mol. The van der Waals surface area contributed by atoms with Gasteiger partial charge in [-0.15, -0.1) is 0 Å². The number of aromatic nitrogens is 2. The molecule has 1 aliphatic heterocycles. The first-order valence-electron chi connectivity index (χ1n) is 12.5. The Morgan fingerprint density at radius 3 is 2.64 bits per heavy atom. The van der Waals surface area contributed by atoms with Gasteiger partial charge in [-0.2, -0.15) is 10.4 Å². The second-order valence-electron chi connectivity index (χ2n) is 9.37. The van der Waals surface area contributed by atoms with Gasteiger partial charge in [0.25, 0.3) is 0 Å². The number of hydrogen-bond acceptors (Lipinski definition) is 4. The van der Waals surface area contributed by atoms with Crippen LogP contribution in [0.15, 0.2) is 71.8 Å². The summed E-state index contributed by atoms with van der Waals surface area (Å²) in [5, 5.41) is 14.0. The van der Waals surface area contributed by atoms with E-state index in [1.54, 1.807) is 0 Å². The average Bonchev–Trinajstić information content (AvgIpc) is 3.24. The monoisotopic (exact) mass is 475 g/mol. The van der Waals surface area contributed by atoms with Crippen LogP contribution in [0.4, 0.5) is 0 Å². The van der Waals surface area contributed by atoms with Gasteiger partial charge in [0, 0.05) is 30.9 Å². The van der Waals surface area contributed by atoms with Crippen LogP contribution < -0.4 is 5.43 Å². The second kappa shape index (κ2) is 10.2. The van der Waals surface area contributed by atoms with E-state index in [0.29, 0.717) is 18.5 Å². The van der Waals surface area contributed by atoms with Gasteiger partial charge in [-0.05, 0) is 41.3 Å². The maximum Gasteiger partial charge on any atom is 0.240 e. The molecule has 0 aliphatic carbocycles. The summed E-state index contributed by atoms with van der Waals surface area (Å²) in [5.74, 6) is 1.07. The average molecular weight is 476 g/mol. The Bertz CT molecular complexity index is 1510. The molecular formula is C30H29N5O. The van der Waals surface area contributed by atoms with Crippen molar-refractivity contribution in [3.05, 3.63) is 89.2 Å². The third kappa shape index (κ3) is 4.52. The zero-order chi connectivity index (χ0) is 25.1. The van der Waals surface area contributed by atoms with E-state index in [9.17, 15) is 10.1 Å². The smallest absolute Gasteiger partial charge is 0.240 e. The largest absolute Gasteiger partial charge is 0.323 e. The van der Waals surface area contributed by atoms with E-state index in [0.717, 1.165) is 64.1 Å². The zero-order valence-electron chi connectivity index (χ0n) is 20.7. The number of hydrogen-bond donors (Lipinski definition) is 1. The molecule has 1 aromatic heterocycles. The molecule has 1 amide bonds. The van der Waals surface area contributed by atoms with Crippen molar-refractivity contribution in [2.45, 2.75) is 46.1 Å². The van der Waals surface area contributed by atoms with Crippen LogP contribution in [0.5, 0.6) is 0 Å². The summed E-state index contributed by atoms with van der Waals surface area (Å²) in [4.78, 5) is 16.7. The van der Waals surface area contributed by atoms with Crippen molar-refractivity contribution in [1.82, 2.24) is 15.0 Å². The number of benzene rings is 3. The molecule has 4 aromatic rings. The predicted octanol–water partition coefficient (Wildman–Crippen LogP) is 5.83. The number of carbonyl (C=O) groups excluding carboxylic acids is 1. The van der Waals surface area contributed by atoms with Crippen molar-refractivity contribution in [1.29, 1.82) is 5.26 Å². The minimum atomic E-state index is -0.0462. The zero-order valence-corrected chi connectivity index (χ0v) is 20.7. The van der Waals surface area contributed by atoms with Gasteiger partial charge < -0.3 is 4.57 Å². The molecule has 1 aliphatic rings. The van der Waals surface area contributed by atoms with Crippen molar-refractivity contribution in [3.8, 4) is 17.2 Å². The normalized spacial score (nSPS) is 15.4. The Morgan fingerprint density at radius 1 is 1.08 bits per heavy atom. The highest BCUT2D eigenvalue weighted by molar-refractivity contribution is 6.07. The van der Waals surface area contributed by atoms with Crippen molar-refractivity contribution in [2.75, 3.05) is 0 Å². The minimum absolute atomic E-state index is 0.0462. The second-order valence-corrected chi connectivity index (χ2v) is 9.37. The molecule has 0 spiro atoms. The van der Waals surface area contributed by atoms with Crippen LogP contribution in [-0.4, -0.2) is 21.2 Å². The number of nitrogens with one attached hydrogen (secondary N) is 1. The number of amides is 1. The van der Waals surface area contributed by atoms with Crippen LogP contribution in [0, 0.1) is 17.2 Å². The Hall–Kier alpha value is -4.24. The van der Waals surface area contributed by atoms with E-state index < -0.39 is 0 Å². The number of hydrazone groups is 1. The van der Waals surface area contributed by atoms with Crippen molar-refractivity contribution >= 4 is 22.7 Å². The van der Waals surface area contributed by atoms with Crippen LogP contribution in [-0.2, 0) is 17.8 Å². The van der Waals surface area contributed by atoms with E-state index >= 15 is 0 Å². The SMILES string of the molecule is CCCCc1nc2cc(C3=NNC(=O)CC3C)ccc2n1Cc1ccccc1-c1ccccc1C#N. The number of imidazole rings is 1. The molecule has 6 nitrogen and oxygen atoms in total. The van der Waals surface area contributed by atoms with E-state index in [1.165, 1.54) is 0 Å². The van der Waals surface area contributed by atoms with E-state index in [2.05, 4.69) is 58.4 Å². The summed E-state index contributed by atoms with van der Waals surface area (Å²) in [6, 6.07) is 24.7. The summed E-state index contributed by atoms with van der Waals surface area (Å²) < 4.78 is 2.30. The topological polar surface area (TPSA) is 83.1 Å². The summed E-state index contributed by atoms with van der Waals surface area (Å²) in [6.07, 6.45) is 3.48. The van der Waals surface area contributed by atoms with Gasteiger partial charge >= 0.3 is 0 Å².